The standard InChI is InChI=1S/C35H60O7/c1-7-21(19(2)3)9-8-20(4)24-10-11-25-29-26(13-15-35(24,25)6)34(5)14-12-23(16-22(34)17-27(29)37)41-33-32(40)31(39)30(38)28(18-36)42-33/h17,19-21,23-33,36-40H,7-16,18H2,1-6H3/t20?,21?,23?,24?,25?,26?,27?,28?,29?,30?,31?,32?,33?,34-,35+/m0/s1. The average molecular weight is 593 g/mol. The van der Waals surface area contributed by atoms with Crippen LogP contribution in [0.2, 0.25) is 0 Å². The first-order valence-corrected chi connectivity index (χ1v) is 17.2. The quantitative estimate of drug-likeness (QED) is 0.244. The highest BCUT2D eigenvalue weighted by Crippen LogP contribution is 2.67. The van der Waals surface area contributed by atoms with Crippen LogP contribution in [-0.2, 0) is 9.47 Å². The second-order valence-corrected chi connectivity index (χ2v) is 15.8. The van der Waals surface area contributed by atoms with Crippen LogP contribution in [0.1, 0.15) is 106 Å². The SMILES string of the molecule is CCC(CCC(C)C1CCC2C3C(O)C=C4CC(OC5OC(CO)C(O)C(O)C5O)CC[C@]4(C)C3CC[C@]12C)C(C)C. The summed E-state index contributed by atoms with van der Waals surface area (Å²) in [4.78, 5) is 0. The third-order valence-corrected chi connectivity index (χ3v) is 13.5. The summed E-state index contributed by atoms with van der Waals surface area (Å²) >= 11 is 0. The molecule has 0 aromatic heterocycles. The molecule has 0 spiro atoms. The van der Waals surface area contributed by atoms with Crippen LogP contribution in [0.15, 0.2) is 11.6 Å². The molecule has 0 aromatic rings. The van der Waals surface area contributed by atoms with Crippen LogP contribution in [0.3, 0.4) is 0 Å². The second kappa shape index (κ2) is 12.7. The summed E-state index contributed by atoms with van der Waals surface area (Å²) in [6, 6.07) is 0. The van der Waals surface area contributed by atoms with E-state index in [4.69, 9.17) is 9.47 Å². The fraction of sp³-hybridized carbons (Fsp3) is 0.943. The van der Waals surface area contributed by atoms with Gasteiger partial charge in [-0.1, -0.05) is 66.0 Å². The molecule has 5 N–H and O–H groups in total. The molecule has 4 fully saturated rings. The van der Waals surface area contributed by atoms with E-state index in [-0.39, 0.29) is 11.5 Å². The lowest BCUT2D eigenvalue weighted by Gasteiger charge is -2.59. The Labute approximate surface area is 254 Å². The van der Waals surface area contributed by atoms with Gasteiger partial charge in [0.2, 0.25) is 0 Å². The molecule has 5 rings (SSSR count). The Morgan fingerprint density at radius 2 is 1.67 bits per heavy atom. The molecular formula is C35H60O7. The zero-order valence-electron chi connectivity index (χ0n) is 27.0. The Balaban J connectivity index is 1.27. The fourth-order valence-electron chi connectivity index (χ4n) is 10.8. The van der Waals surface area contributed by atoms with Crippen LogP contribution in [0.4, 0.5) is 0 Å². The van der Waals surface area contributed by atoms with Crippen molar-refractivity contribution in [1.29, 1.82) is 0 Å². The number of ether oxygens (including phenoxy) is 2. The smallest absolute Gasteiger partial charge is 0.186 e. The minimum atomic E-state index is -1.44. The third kappa shape index (κ3) is 5.67. The Kier molecular flexibility index (Phi) is 9.92. The number of aliphatic hydroxyl groups is 5. The molecule has 4 aliphatic carbocycles. The number of fused-ring (bicyclic) bond motifs is 5. The molecule has 3 saturated carbocycles. The maximum Gasteiger partial charge on any atom is 0.186 e. The molecule has 42 heavy (non-hydrogen) atoms. The number of hydrogen-bond acceptors (Lipinski definition) is 7. The van der Waals surface area contributed by atoms with E-state index in [9.17, 15) is 25.5 Å². The number of hydrogen-bond donors (Lipinski definition) is 5. The minimum Gasteiger partial charge on any atom is -0.394 e. The van der Waals surface area contributed by atoms with Gasteiger partial charge in [-0.2, -0.15) is 0 Å². The van der Waals surface area contributed by atoms with Crippen molar-refractivity contribution in [3.8, 4) is 0 Å². The summed E-state index contributed by atoms with van der Waals surface area (Å²) in [6.07, 6.45) is 6.41. The van der Waals surface area contributed by atoms with Gasteiger partial charge in [-0.05, 0) is 104 Å². The van der Waals surface area contributed by atoms with Gasteiger partial charge >= 0.3 is 0 Å². The Hall–Kier alpha value is -0.540. The molecule has 0 aromatic carbocycles. The highest BCUT2D eigenvalue weighted by Gasteiger charge is 2.61. The molecule has 7 heteroatoms. The normalized spacial score (nSPS) is 48.7. The lowest BCUT2D eigenvalue weighted by atomic mass is 9.46. The van der Waals surface area contributed by atoms with Gasteiger partial charge in [0.15, 0.2) is 6.29 Å². The van der Waals surface area contributed by atoms with Crippen LogP contribution in [0, 0.1) is 52.3 Å². The van der Waals surface area contributed by atoms with Gasteiger partial charge in [-0.15, -0.1) is 0 Å². The molecule has 7 nitrogen and oxygen atoms in total. The molecule has 13 unspecified atom stereocenters. The lowest BCUT2D eigenvalue weighted by molar-refractivity contribution is -0.313. The van der Waals surface area contributed by atoms with E-state index < -0.39 is 43.4 Å². The first-order valence-electron chi connectivity index (χ1n) is 17.2. The van der Waals surface area contributed by atoms with Gasteiger partial charge in [-0.25, -0.2) is 0 Å². The number of aliphatic hydroxyl groups excluding tert-OH is 5. The van der Waals surface area contributed by atoms with Crippen molar-refractivity contribution in [3.05, 3.63) is 11.6 Å². The number of rotatable bonds is 9. The maximum atomic E-state index is 11.7. The summed E-state index contributed by atoms with van der Waals surface area (Å²) in [5.41, 5.74) is 1.57. The van der Waals surface area contributed by atoms with Crippen molar-refractivity contribution in [2.75, 3.05) is 6.61 Å². The summed E-state index contributed by atoms with van der Waals surface area (Å²) in [7, 11) is 0. The fourth-order valence-corrected chi connectivity index (χ4v) is 10.8. The van der Waals surface area contributed by atoms with Crippen LogP contribution in [-0.4, -0.2) is 75.1 Å². The molecule has 1 heterocycles. The highest BCUT2D eigenvalue weighted by molar-refractivity contribution is 5.28. The Morgan fingerprint density at radius 1 is 0.929 bits per heavy atom. The second-order valence-electron chi connectivity index (χ2n) is 15.8. The molecule has 0 amide bonds. The van der Waals surface area contributed by atoms with Crippen molar-refractivity contribution >= 4 is 0 Å². The predicted molar refractivity (Wildman–Crippen MR) is 162 cm³/mol. The first-order chi connectivity index (χ1) is 19.8. The van der Waals surface area contributed by atoms with Crippen molar-refractivity contribution in [1.82, 2.24) is 0 Å². The zero-order valence-corrected chi connectivity index (χ0v) is 27.0. The van der Waals surface area contributed by atoms with Gasteiger partial charge in [-0.3, -0.25) is 0 Å². The molecule has 0 bridgehead atoms. The van der Waals surface area contributed by atoms with E-state index in [1.807, 2.05) is 0 Å². The monoisotopic (exact) mass is 592 g/mol. The molecule has 0 radical (unpaired) electrons. The van der Waals surface area contributed by atoms with Crippen LogP contribution in [0.5, 0.6) is 0 Å². The molecule has 1 aliphatic heterocycles. The topological polar surface area (TPSA) is 120 Å². The van der Waals surface area contributed by atoms with Crippen LogP contribution < -0.4 is 0 Å². The molecule has 5 aliphatic rings. The minimum absolute atomic E-state index is 0.0236. The van der Waals surface area contributed by atoms with E-state index in [0.717, 1.165) is 42.9 Å². The van der Waals surface area contributed by atoms with E-state index in [1.165, 1.54) is 44.1 Å². The van der Waals surface area contributed by atoms with Crippen LogP contribution in [0.25, 0.3) is 0 Å². The molecule has 15 atom stereocenters. The van der Waals surface area contributed by atoms with Crippen molar-refractivity contribution in [2.24, 2.45) is 52.3 Å². The van der Waals surface area contributed by atoms with Gasteiger partial charge < -0.3 is 35.0 Å². The predicted octanol–water partition coefficient (Wildman–Crippen LogP) is 4.82. The van der Waals surface area contributed by atoms with Crippen LogP contribution >= 0.6 is 0 Å². The van der Waals surface area contributed by atoms with E-state index >= 15 is 0 Å². The van der Waals surface area contributed by atoms with Gasteiger partial charge in [0.05, 0.1) is 18.8 Å². The Bertz CT molecular complexity index is 952. The van der Waals surface area contributed by atoms with Crippen molar-refractivity contribution in [2.45, 2.75) is 149 Å². The van der Waals surface area contributed by atoms with E-state index in [1.54, 1.807) is 0 Å². The summed E-state index contributed by atoms with van der Waals surface area (Å²) in [5.74, 6) is 4.35. The van der Waals surface area contributed by atoms with Gasteiger partial charge in [0.1, 0.15) is 24.4 Å². The third-order valence-electron chi connectivity index (χ3n) is 13.5. The first kappa shape index (κ1) is 32.8. The molecule has 1 saturated heterocycles. The Morgan fingerprint density at radius 3 is 2.33 bits per heavy atom. The van der Waals surface area contributed by atoms with Gasteiger partial charge in [0, 0.05) is 0 Å². The van der Waals surface area contributed by atoms with Crippen molar-refractivity contribution in [3.63, 3.8) is 0 Å². The van der Waals surface area contributed by atoms with E-state index in [2.05, 4.69) is 47.6 Å². The van der Waals surface area contributed by atoms with Crippen molar-refractivity contribution < 1.29 is 35.0 Å². The van der Waals surface area contributed by atoms with Gasteiger partial charge in [0.25, 0.3) is 0 Å². The van der Waals surface area contributed by atoms with E-state index in [0.29, 0.717) is 29.6 Å². The highest BCUT2D eigenvalue weighted by atomic mass is 16.7. The maximum absolute atomic E-state index is 11.7. The molecular weight excluding hydrogens is 532 g/mol. The average Bonchev–Trinajstić information content (AvgIpc) is 3.31. The zero-order chi connectivity index (χ0) is 30.6. The summed E-state index contributed by atoms with van der Waals surface area (Å²) in [6.45, 7) is 14.1. The lowest BCUT2D eigenvalue weighted by Crippen LogP contribution is -2.60. The largest absolute Gasteiger partial charge is 0.394 e. The molecule has 242 valence electrons. The summed E-state index contributed by atoms with van der Waals surface area (Å²) < 4.78 is 11.8. The summed E-state index contributed by atoms with van der Waals surface area (Å²) in [5, 5.41) is 52.1.